The maximum absolute atomic E-state index is 5.66. The van der Waals surface area contributed by atoms with Crippen LogP contribution in [-0.2, 0) is 4.74 Å². The monoisotopic (exact) mass is 181 g/mol. The first-order valence-electron chi connectivity index (χ1n) is 5.48. The SMILES string of the molecule is CC(C)C1COC(C2CCCC2)=N1. The molecule has 0 N–H and O–H groups in total. The summed E-state index contributed by atoms with van der Waals surface area (Å²) in [4.78, 5) is 4.66. The fourth-order valence-corrected chi connectivity index (χ4v) is 2.15. The number of hydrogen-bond acceptors (Lipinski definition) is 2. The summed E-state index contributed by atoms with van der Waals surface area (Å²) in [5.74, 6) is 2.35. The van der Waals surface area contributed by atoms with Gasteiger partial charge in [0.05, 0.1) is 6.04 Å². The normalized spacial score (nSPS) is 29.5. The van der Waals surface area contributed by atoms with Crippen LogP contribution >= 0.6 is 0 Å². The van der Waals surface area contributed by atoms with Crippen LogP contribution in [0.5, 0.6) is 0 Å². The molecule has 0 amide bonds. The number of nitrogens with zero attached hydrogens (tertiary/aromatic N) is 1. The van der Waals surface area contributed by atoms with E-state index in [4.69, 9.17) is 4.74 Å². The van der Waals surface area contributed by atoms with E-state index in [9.17, 15) is 0 Å². The number of hydrogen-bond donors (Lipinski definition) is 0. The van der Waals surface area contributed by atoms with E-state index in [0.717, 1.165) is 12.5 Å². The minimum Gasteiger partial charge on any atom is -0.478 e. The zero-order valence-corrected chi connectivity index (χ0v) is 8.62. The van der Waals surface area contributed by atoms with Gasteiger partial charge in [-0.05, 0) is 18.8 Å². The molecule has 0 aromatic heterocycles. The largest absolute Gasteiger partial charge is 0.478 e. The summed E-state index contributed by atoms with van der Waals surface area (Å²) >= 11 is 0. The number of ether oxygens (including phenoxy) is 1. The van der Waals surface area contributed by atoms with Crippen molar-refractivity contribution in [3.05, 3.63) is 0 Å². The molecule has 1 unspecified atom stereocenters. The molecule has 1 saturated carbocycles. The highest BCUT2D eigenvalue weighted by molar-refractivity contribution is 5.80. The first-order chi connectivity index (χ1) is 6.27. The van der Waals surface area contributed by atoms with Crippen LogP contribution in [0.15, 0.2) is 4.99 Å². The van der Waals surface area contributed by atoms with Crippen LogP contribution in [0, 0.1) is 11.8 Å². The van der Waals surface area contributed by atoms with Crippen LogP contribution in [0.4, 0.5) is 0 Å². The summed E-state index contributed by atoms with van der Waals surface area (Å²) < 4.78 is 5.66. The van der Waals surface area contributed by atoms with E-state index < -0.39 is 0 Å². The predicted molar refractivity (Wildman–Crippen MR) is 54.0 cm³/mol. The van der Waals surface area contributed by atoms with Crippen LogP contribution in [0.3, 0.4) is 0 Å². The highest BCUT2D eigenvalue weighted by Gasteiger charge is 2.29. The van der Waals surface area contributed by atoms with E-state index in [1.54, 1.807) is 0 Å². The van der Waals surface area contributed by atoms with E-state index in [1.807, 2.05) is 0 Å². The molecule has 2 aliphatic rings. The molecule has 0 bridgehead atoms. The van der Waals surface area contributed by atoms with Gasteiger partial charge in [0.15, 0.2) is 5.90 Å². The Bertz CT molecular complexity index is 204. The Labute approximate surface area is 80.4 Å². The zero-order chi connectivity index (χ0) is 9.26. The summed E-state index contributed by atoms with van der Waals surface area (Å²) in [6, 6.07) is 0.426. The Balaban J connectivity index is 1.97. The topological polar surface area (TPSA) is 21.6 Å². The lowest BCUT2D eigenvalue weighted by atomic mass is 10.1. The van der Waals surface area contributed by atoms with Gasteiger partial charge in [-0.2, -0.15) is 0 Å². The van der Waals surface area contributed by atoms with Gasteiger partial charge in [0.1, 0.15) is 6.61 Å². The second-order valence-electron chi connectivity index (χ2n) is 4.57. The van der Waals surface area contributed by atoms with E-state index in [0.29, 0.717) is 17.9 Å². The second-order valence-corrected chi connectivity index (χ2v) is 4.57. The lowest BCUT2D eigenvalue weighted by molar-refractivity contribution is 0.276. The van der Waals surface area contributed by atoms with E-state index in [1.165, 1.54) is 25.7 Å². The van der Waals surface area contributed by atoms with Gasteiger partial charge in [0.2, 0.25) is 0 Å². The van der Waals surface area contributed by atoms with Crippen LogP contribution in [-0.4, -0.2) is 18.5 Å². The molecule has 0 radical (unpaired) electrons. The van der Waals surface area contributed by atoms with Crippen LogP contribution in [0.2, 0.25) is 0 Å². The molecule has 1 atom stereocenters. The minimum absolute atomic E-state index is 0.426. The summed E-state index contributed by atoms with van der Waals surface area (Å²) in [7, 11) is 0. The van der Waals surface area contributed by atoms with Gasteiger partial charge < -0.3 is 4.74 Å². The summed E-state index contributed by atoms with van der Waals surface area (Å²) in [6.45, 7) is 5.26. The first kappa shape index (κ1) is 9.04. The highest BCUT2D eigenvalue weighted by Crippen LogP contribution is 2.29. The second kappa shape index (κ2) is 3.69. The standard InChI is InChI=1S/C11H19NO/c1-8(2)10-7-13-11(12-10)9-5-3-4-6-9/h8-10H,3-7H2,1-2H3. The molecule has 1 fully saturated rings. The molecule has 13 heavy (non-hydrogen) atoms. The third-order valence-electron chi connectivity index (χ3n) is 3.17. The van der Waals surface area contributed by atoms with Crippen molar-refractivity contribution in [3.8, 4) is 0 Å². The molecule has 2 heteroatoms. The van der Waals surface area contributed by atoms with Crippen molar-refractivity contribution in [2.24, 2.45) is 16.8 Å². The third kappa shape index (κ3) is 1.87. The van der Waals surface area contributed by atoms with Crippen molar-refractivity contribution in [3.63, 3.8) is 0 Å². The van der Waals surface area contributed by atoms with Gasteiger partial charge in [0.25, 0.3) is 0 Å². The Morgan fingerprint density at radius 1 is 1.31 bits per heavy atom. The molecule has 1 aliphatic heterocycles. The van der Waals surface area contributed by atoms with Gasteiger partial charge in [-0.3, -0.25) is 0 Å². The summed E-state index contributed by atoms with van der Waals surface area (Å²) in [6.07, 6.45) is 5.31. The molecule has 0 aromatic carbocycles. The van der Waals surface area contributed by atoms with Crippen molar-refractivity contribution in [1.29, 1.82) is 0 Å². The van der Waals surface area contributed by atoms with Crippen molar-refractivity contribution in [2.75, 3.05) is 6.61 Å². The van der Waals surface area contributed by atoms with Gasteiger partial charge in [0, 0.05) is 5.92 Å². The van der Waals surface area contributed by atoms with Gasteiger partial charge in [-0.1, -0.05) is 26.7 Å². The maximum atomic E-state index is 5.66. The van der Waals surface area contributed by atoms with Crippen LogP contribution in [0.1, 0.15) is 39.5 Å². The first-order valence-corrected chi connectivity index (χ1v) is 5.48. The van der Waals surface area contributed by atoms with Crippen molar-refractivity contribution < 1.29 is 4.74 Å². The third-order valence-corrected chi connectivity index (χ3v) is 3.17. The lowest BCUT2D eigenvalue weighted by Gasteiger charge is -2.07. The molecule has 0 aromatic rings. The summed E-state index contributed by atoms with van der Waals surface area (Å²) in [5, 5.41) is 0. The average Bonchev–Trinajstić information content (AvgIpc) is 2.75. The van der Waals surface area contributed by atoms with Gasteiger partial charge in [-0.15, -0.1) is 0 Å². The Kier molecular flexibility index (Phi) is 2.56. The van der Waals surface area contributed by atoms with Gasteiger partial charge >= 0.3 is 0 Å². The Hall–Kier alpha value is -0.530. The molecule has 1 heterocycles. The molecular weight excluding hydrogens is 162 g/mol. The minimum atomic E-state index is 0.426. The quantitative estimate of drug-likeness (QED) is 0.641. The van der Waals surface area contributed by atoms with Crippen molar-refractivity contribution in [2.45, 2.75) is 45.6 Å². The Morgan fingerprint density at radius 2 is 2.00 bits per heavy atom. The lowest BCUT2D eigenvalue weighted by Crippen LogP contribution is -2.13. The van der Waals surface area contributed by atoms with Crippen molar-refractivity contribution >= 4 is 5.90 Å². The Morgan fingerprint density at radius 3 is 2.54 bits per heavy atom. The molecule has 2 nitrogen and oxygen atoms in total. The summed E-state index contributed by atoms with van der Waals surface area (Å²) in [5.41, 5.74) is 0. The van der Waals surface area contributed by atoms with E-state index in [-0.39, 0.29) is 0 Å². The molecular formula is C11H19NO. The van der Waals surface area contributed by atoms with Crippen LogP contribution in [0.25, 0.3) is 0 Å². The molecule has 74 valence electrons. The highest BCUT2D eigenvalue weighted by atomic mass is 16.5. The van der Waals surface area contributed by atoms with Gasteiger partial charge in [-0.25, -0.2) is 4.99 Å². The molecule has 2 rings (SSSR count). The van der Waals surface area contributed by atoms with E-state index >= 15 is 0 Å². The smallest absolute Gasteiger partial charge is 0.186 e. The van der Waals surface area contributed by atoms with E-state index in [2.05, 4.69) is 18.8 Å². The fraction of sp³-hybridized carbons (Fsp3) is 0.909. The number of rotatable bonds is 2. The number of aliphatic imine (C=N–C) groups is 1. The zero-order valence-electron chi connectivity index (χ0n) is 8.62. The molecule has 1 aliphatic carbocycles. The average molecular weight is 181 g/mol. The molecule has 0 saturated heterocycles. The van der Waals surface area contributed by atoms with Crippen LogP contribution < -0.4 is 0 Å². The maximum Gasteiger partial charge on any atom is 0.186 e. The van der Waals surface area contributed by atoms with Crippen molar-refractivity contribution in [1.82, 2.24) is 0 Å². The fourth-order valence-electron chi connectivity index (χ4n) is 2.15. The molecule has 0 spiro atoms. The predicted octanol–water partition coefficient (Wildman–Crippen LogP) is 2.63.